The van der Waals surface area contributed by atoms with Crippen LogP contribution in [0.25, 0.3) is 0 Å². The van der Waals surface area contributed by atoms with Crippen LogP contribution in [0.1, 0.15) is 34.0 Å². The fourth-order valence-corrected chi connectivity index (χ4v) is 3.19. The van der Waals surface area contributed by atoms with Gasteiger partial charge in [-0.15, -0.1) is 0 Å². The van der Waals surface area contributed by atoms with Gasteiger partial charge in [-0.25, -0.2) is 0 Å². The normalized spacial score (nSPS) is 10.4. The number of amides is 1. The molecule has 0 radical (unpaired) electrons. The van der Waals surface area contributed by atoms with Gasteiger partial charge in [0.1, 0.15) is 29.6 Å². The number of benzene rings is 3. The minimum Gasteiger partial charge on any atom is -0.497 e. The van der Waals surface area contributed by atoms with Crippen molar-refractivity contribution in [2.24, 2.45) is 0 Å². The van der Waals surface area contributed by atoms with E-state index in [0.29, 0.717) is 35.1 Å². The summed E-state index contributed by atoms with van der Waals surface area (Å²) < 4.78 is 22.3. The van der Waals surface area contributed by atoms with Crippen molar-refractivity contribution in [2.45, 2.75) is 27.4 Å². The van der Waals surface area contributed by atoms with Crippen LogP contribution in [-0.4, -0.2) is 26.7 Å². The summed E-state index contributed by atoms with van der Waals surface area (Å²) in [5, 5.41) is 2.89. The third kappa shape index (κ3) is 5.52. The first-order valence-corrected chi connectivity index (χ1v) is 10.4. The molecule has 0 fully saturated rings. The topological polar surface area (TPSA) is 66.0 Å². The van der Waals surface area contributed by atoms with Crippen LogP contribution in [0, 0.1) is 13.8 Å². The van der Waals surface area contributed by atoms with Crippen molar-refractivity contribution >= 4 is 11.6 Å². The average Bonchev–Trinajstić information content (AvgIpc) is 2.80. The second-order valence-electron chi connectivity index (χ2n) is 7.31. The zero-order valence-electron chi connectivity index (χ0n) is 19.2. The predicted octanol–water partition coefficient (Wildman–Crippen LogP) is 5.55. The van der Waals surface area contributed by atoms with Crippen molar-refractivity contribution in [1.29, 1.82) is 0 Å². The van der Waals surface area contributed by atoms with Crippen molar-refractivity contribution in [1.82, 2.24) is 0 Å². The maximum atomic E-state index is 12.9. The summed E-state index contributed by atoms with van der Waals surface area (Å²) in [6.45, 7) is 6.83. The van der Waals surface area contributed by atoms with Crippen molar-refractivity contribution in [3.8, 4) is 23.0 Å². The summed E-state index contributed by atoms with van der Waals surface area (Å²) in [6, 6.07) is 16.5. The van der Waals surface area contributed by atoms with Gasteiger partial charge in [0.05, 0.1) is 26.5 Å². The molecule has 0 spiro atoms. The highest BCUT2D eigenvalue weighted by molar-refractivity contribution is 6.05. The van der Waals surface area contributed by atoms with E-state index in [2.05, 4.69) is 12.2 Å². The molecular formula is C26H29NO5. The van der Waals surface area contributed by atoms with Gasteiger partial charge in [0, 0.05) is 17.2 Å². The highest BCUT2D eigenvalue weighted by Gasteiger charge is 2.14. The number of anilines is 1. The van der Waals surface area contributed by atoms with Gasteiger partial charge in [-0.3, -0.25) is 4.79 Å². The Morgan fingerprint density at radius 1 is 0.812 bits per heavy atom. The summed E-state index contributed by atoms with van der Waals surface area (Å²) in [5.74, 6) is 2.36. The van der Waals surface area contributed by atoms with Gasteiger partial charge in [-0.05, 0) is 74.4 Å². The maximum absolute atomic E-state index is 12.9. The Labute approximate surface area is 189 Å². The van der Waals surface area contributed by atoms with Crippen LogP contribution in [0.3, 0.4) is 0 Å². The van der Waals surface area contributed by atoms with Gasteiger partial charge < -0.3 is 24.3 Å². The fourth-order valence-electron chi connectivity index (χ4n) is 3.19. The zero-order valence-corrected chi connectivity index (χ0v) is 19.2. The highest BCUT2D eigenvalue weighted by atomic mass is 16.5. The molecule has 3 aromatic carbocycles. The molecule has 0 aromatic heterocycles. The van der Waals surface area contributed by atoms with E-state index in [1.165, 1.54) is 5.56 Å². The van der Waals surface area contributed by atoms with Crippen LogP contribution in [0.4, 0.5) is 5.69 Å². The molecule has 0 aliphatic rings. The molecule has 0 saturated heterocycles. The van der Waals surface area contributed by atoms with Crippen LogP contribution in [0.5, 0.6) is 23.0 Å². The molecule has 6 heteroatoms. The predicted molar refractivity (Wildman–Crippen MR) is 125 cm³/mol. The summed E-state index contributed by atoms with van der Waals surface area (Å²) >= 11 is 0. The van der Waals surface area contributed by atoms with Gasteiger partial charge >= 0.3 is 0 Å². The monoisotopic (exact) mass is 435 g/mol. The number of carbonyl (C=O) groups excluding carboxylic acids is 1. The third-order valence-electron chi connectivity index (χ3n) is 5.15. The van der Waals surface area contributed by atoms with Gasteiger partial charge in [-0.2, -0.15) is 0 Å². The summed E-state index contributed by atoms with van der Waals surface area (Å²) in [5.41, 5.74) is 4.21. The Bertz CT molecular complexity index is 1090. The van der Waals surface area contributed by atoms with E-state index in [9.17, 15) is 4.79 Å². The largest absolute Gasteiger partial charge is 0.497 e. The Morgan fingerprint density at radius 3 is 2.28 bits per heavy atom. The number of rotatable bonds is 9. The Kier molecular flexibility index (Phi) is 7.60. The molecule has 6 nitrogen and oxygen atoms in total. The lowest BCUT2D eigenvalue weighted by Crippen LogP contribution is -2.14. The molecule has 3 aromatic rings. The smallest absolute Gasteiger partial charge is 0.255 e. The molecule has 0 aliphatic carbocycles. The van der Waals surface area contributed by atoms with E-state index < -0.39 is 0 Å². The molecule has 0 saturated carbocycles. The molecule has 0 bridgehead atoms. The first-order valence-electron chi connectivity index (χ1n) is 10.4. The number of hydrogen-bond acceptors (Lipinski definition) is 5. The Balaban J connectivity index is 1.81. The lowest BCUT2D eigenvalue weighted by molar-refractivity contribution is 0.102. The summed E-state index contributed by atoms with van der Waals surface area (Å²) in [7, 11) is 3.12. The maximum Gasteiger partial charge on any atom is 0.255 e. The van der Waals surface area contributed by atoms with E-state index in [4.69, 9.17) is 18.9 Å². The first kappa shape index (κ1) is 23.0. The SMILES string of the molecule is CCOc1ccc(C(=O)Nc2ccc(OC)cc2OC)cc1COc1ccc(C)c(C)c1. The van der Waals surface area contributed by atoms with Gasteiger partial charge in [-0.1, -0.05) is 6.07 Å². The van der Waals surface area contributed by atoms with Gasteiger partial charge in [0.2, 0.25) is 0 Å². The average molecular weight is 436 g/mol. The van der Waals surface area contributed by atoms with E-state index in [1.54, 1.807) is 50.6 Å². The van der Waals surface area contributed by atoms with E-state index in [-0.39, 0.29) is 12.5 Å². The highest BCUT2D eigenvalue weighted by Crippen LogP contribution is 2.30. The molecule has 0 unspecified atom stereocenters. The molecule has 0 heterocycles. The number of ether oxygens (including phenoxy) is 4. The molecule has 1 N–H and O–H groups in total. The van der Waals surface area contributed by atoms with E-state index in [1.807, 2.05) is 32.0 Å². The van der Waals surface area contributed by atoms with E-state index >= 15 is 0 Å². The van der Waals surface area contributed by atoms with Crippen LogP contribution in [0.15, 0.2) is 54.6 Å². The second kappa shape index (κ2) is 10.6. The number of aryl methyl sites for hydroxylation is 2. The first-order chi connectivity index (χ1) is 15.4. The van der Waals surface area contributed by atoms with Crippen LogP contribution < -0.4 is 24.3 Å². The number of carbonyl (C=O) groups is 1. The van der Waals surface area contributed by atoms with Crippen molar-refractivity contribution in [3.63, 3.8) is 0 Å². The standard InChI is InChI=1S/C26H29NO5/c1-6-31-24-12-8-19(14-20(24)16-32-22-9-7-17(2)18(3)13-22)26(28)27-23-11-10-21(29-4)15-25(23)30-5/h7-15H,6,16H2,1-5H3,(H,27,28). The molecule has 168 valence electrons. The van der Waals surface area contributed by atoms with Crippen LogP contribution in [-0.2, 0) is 6.61 Å². The second-order valence-corrected chi connectivity index (χ2v) is 7.31. The number of methoxy groups -OCH3 is 2. The molecule has 0 atom stereocenters. The van der Waals surface area contributed by atoms with Crippen LogP contribution >= 0.6 is 0 Å². The molecule has 3 rings (SSSR count). The molecule has 0 aliphatic heterocycles. The van der Waals surface area contributed by atoms with Gasteiger partial charge in [0.15, 0.2) is 0 Å². The quantitative estimate of drug-likeness (QED) is 0.477. The Morgan fingerprint density at radius 2 is 1.59 bits per heavy atom. The van der Waals surface area contributed by atoms with Crippen LogP contribution in [0.2, 0.25) is 0 Å². The van der Waals surface area contributed by atoms with Gasteiger partial charge in [0.25, 0.3) is 5.91 Å². The molecular weight excluding hydrogens is 406 g/mol. The summed E-state index contributed by atoms with van der Waals surface area (Å²) in [4.78, 5) is 12.9. The van der Waals surface area contributed by atoms with Crippen molar-refractivity contribution in [3.05, 3.63) is 76.9 Å². The van der Waals surface area contributed by atoms with E-state index in [0.717, 1.165) is 16.9 Å². The fraction of sp³-hybridized carbons (Fsp3) is 0.269. The van der Waals surface area contributed by atoms with Crippen molar-refractivity contribution in [2.75, 3.05) is 26.1 Å². The molecule has 1 amide bonds. The summed E-state index contributed by atoms with van der Waals surface area (Å²) in [6.07, 6.45) is 0. The minimum absolute atomic E-state index is 0.260. The lowest BCUT2D eigenvalue weighted by Gasteiger charge is -2.15. The Hall–Kier alpha value is -3.67. The zero-order chi connectivity index (χ0) is 23.1. The number of hydrogen-bond donors (Lipinski definition) is 1. The molecule has 32 heavy (non-hydrogen) atoms. The lowest BCUT2D eigenvalue weighted by atomic mass is 10.1. The van der Waals surface area contributed by atoms with Crippen molar-refractivity contribution < 1.29 is 23.7 Å². The number of nitrogens with one attached hydrogen (secondary N) is 1. The third-order valence-corrected chi connectivity index (χ3v) is 5.15. The minimum atomic E-state index is -0.260.